The van der Waals surface area contributed by atoms with Crippen LogP contribution in [-0.2, 0) is 0 Å². The van der Waals surface area contributed by atoms with Gasteiger partial charge in [-0.25, -0.2) is 0 Å². The van der Waals surface area contributed by atoms with Gasteiger partial charge in [0.25, 0.3) is 0 Å². The molecule has 0 bridgehead atoms. The van der Waals surface area contributed by atoms with Crippen LogP contribution in [0.3, 0.4) is 0 Å². The molecular formula is C10H22O5. The van der Waals surface area contributed by atoms with Crippen molar-refractivity contribution in [2.75, 3.05) is 6.61 Å². The Morgan fingerprint density at radius 1 is 0.867 bits per heavy atom. The van der Waals surface area contributed by atoms with E-state index in [0.29, 0.717) is 6.42 Å². The second-order valence-electron chi connectivity index (χ2n) is 5.06. The number of rotatable bonds is 5. The molecule has 0 rings (SSSR count). The number of hydrogen-bond acceptors (Lipinski definition) is 5. The van der Waals surface area contributed by atoms with Crippen LogP contribution in [0.25, 0.3) is 0 Å². The summed E-state index contributed by atoms with van der Waals surface area (Å²) in [6.07, 6.45) is -5.25. The zero-order valence-corrected chi connectivity index (χ0v) is 9.46. The molecule has 5 nitrogen and oxygen atoms in total. The van der Waals surface area contributed by atoms with E-state index in [1.807, 2.05) is 20.8 Å². The van der Waals surface area contributed by atoms with Crippen LogP contribution in [0, 0.1) is 5.41 Å². The fourth-order valence-electron chi connectivity index (χ4n) is 1.31. The molecule has 0 aromatic rings. The molecule has 4 atom stereocenters. The second kappa shape index (κ2) is 5.77. The van der Waals surface area contributed by atoms with Crippen LogP contribution in [0.1, 0.15) is 27.2 Å². The van der Waals surface area contributed by atoms with Crippen molar-refractivity contribution in [1.82, 2.24) is 0 Å². The summed E-state index contributed by atoms with van der Waals surface area (Å²) < 4.78 is 0. The van der Waals surface area contributed by atoms with Crippen LogP contribution in [0.2, 0.25) is 0 Å². The van der Waals surface area contributed by atoms with E-state index in [9.17, 15) is 15.3 Å². The van der Waals surface area contributed by atoms with Crippen LogP contribution in [0.5, 0.6) is 0 Å². The van der Waals surface area contributed by atoms with Gasteiger partial charge >= 0.3 is 0 Å². The van der Waals surface area contributed by atoms with Gasteiger partial charge in [0.05, 0.1) is 12.7 Å². The highest BCUT2D eigenvalue weighted by atomic mass is 16.4. The van der Waals surface area contributed by atoms with Crippen LogP contribution in [0.15, 0.2) is 0 Å². The van der Waals surface area contributed by atoms with Gasteiger partial charge in [0.2, 0.25) is 0 Å². The van der Waals surface area contributed by atoms with Crippen molar-refractivity contribution in [3.63, 3.8) is 0 Å². The maximum atomic E-state index is 9.57. The predicted molar refractivity (Wildman–Crippen MR) is 55.2 cm³/mol. The van der Waals surface area contributed by atoms with Gasteiger partial charge in [0.1, 0.15) is 18.3 Å². The molecule has 0 heterocycles. The van der Waals surface area contributed by atoms with Gasteiger partial charge in [0.15, 0.2) is 0 Å². The molecule has 92 valence electrons. The van der Waals surface area contributed by atoms with E-state index in [-0.39, 0.29) is 5.41 Å². The minimum atomic E-state index is -1.53. The smallest absolute Gasteiger partial charge is 0.110 e. The predicted octanol–water partition coefficient (Wildman–Crippen LogP) is -1.14. The summed E-state index contributed by atoms with van der Waals surface area (Å²) in [4.78, 5) is 0. The molecule has 0 fully saturated rings. The minimum absolute atomic E-state index is 0.190. The van der Waals surface area contributed by atoms with Gasteiger partial charge in [-0.05, 0) is 11.8 Å². The molecule has 0 amide bonds. The summed E-state index contributed by atoms with van der Waals surface area (Å²) in [6.45, 7) is 5.01. The van der Waals surface area contributed by atoms with E-state index in [1.165, 1.54) is 0 Å². The zero-order valence-electron chi connectivity index (χ0n) is 9.46. The standard InChI is InChI=1S/C10H22O5/c1-10(2,3)4-6(12)8(14)9(15)7(13)5-11/h6-9,11-15H,4-5H2,1-3H3/t6?,7-,8?,9?/m1/s1. The van der Waals surface area contributed by atoms with Crippen molar-refractivity contribution in [2.45, 2.75) is 51.6 Å². The van der Waals surface area contributed by atoms with E-state index < -0.39 is 31.0 Å². The molecule has 0 aliphatic carbocycles. The number of aliphatic hydroxyl groups is 5. The third kappa shape index (κ3) is 5.44. The van der Waals surface area contributed by atoms with Crippen molar-refractivity contribution >= 4 is 0 Å². The van der Waals surface area contributed by atoms with Gasteiger partial charge < -0.3 is 25.5 Å². The molecule has 5 heteroatoms. The van der Waals surface area contributed by atoms with Crippen LogP contribution in [-0.4, -0.2) is 56.6 Å². The average molecular weight is 222 g/mol. The maximum Gasteiger partial charge on any atom is 0.110 e. The Balaban J connectivity index is 4.25. The lowest BCUT2D eigenvalue weighted by Crippen LogP contribution is -2.46. The highest BCUT2D eigenvalue weighted by molar-refractivity contribution is 4.83. The van der Waals surface area contributed by atoms with Crippen LogP contribution < -0.4 is 0 Å². The Kier molecular flexibility index (Phi) is 5.69. The Morgan fingerprint density at radius 2 is 1.27 bits per heavy atom. The Hall–Kier alpha value is -0.200. The molecule has 0 radical (unpaired) electrons. The first-order valence-electron chi connectivity index (χ1n) is 5.02. The van der Waals surface area contributed by atoms with Crippen LogP contribution in [0.4, 0.5) is 0 Å². The molecular weight excluding hydrogens is 200 g/mol. The summed E-state index contributed by atoms with van der Waals surface area (Å²) in [5, 5.41) is 46.0. The topological polar surface area (TPSA) is 101 Å². The number of hydrogen-bond donors (Lipinski definition) is 5. The zero-order chi connectivity index (χ0) is 12.2. The first-order chi connectivity index (χ1) is 6.69. The molecule has 0 aromatic heterocycles. The van der Waals surface area contributed by atoms with Gasteiger partial charge in [-0.1, -0.05) is 20.8 Å². The Labute approximate surface area is 90.0 Å². The minimum Gasteiger partial charge on any atom is -0.394 e. The van der Waals surface area contributed by atoms with E-state index >= 15 is 0 Å². The normalized spacial score (nSPS) is 20.8. The summed E-state index contributed by atoms with van der Waals surface area (Å²) in [7, 11) is 0. The van der Waals surface area contributed by atoms with E-state index in [2.05, 4.69) is 0 Å². The third-order valence-corrected chi connectivity index (χ3v) is 2.15. The van der Waals surface area contributed by atoms with Gasteiger partial charge in [-0.2, -0.15) is 0 Å². The summed E-state index contributed by atoms with van der Waals surface area (Å²) in [5.41, 5.74) is -0.190. The number of aliphatic hydroxyl groups excluding tert-OH is 5. The first kappa shape index (κ1) is 14.8. The summed E-state index contributed by atoms with van der Waals surface area (Å²) >= 11 is 0. The molecule has 15 heavy (non-hydrogen) atoms. The molecule has 0 saturated carbocycles. The van der Waals surface area contributed by atoms with E-state index in [1.54, 1.807) is 0 Å². The molecule has 0 aromatic carbocycles. The summed E-state index contributed by atoms with van der Waals surface area (Å²) in [5.74, 6) is 0. The lowest BCUT2D eigenvalue weighted by Gasteiger charge is -2.29. The molecule has 0 aliphatic rings. The highest BCUT2D eigenvalue weighted by Gasteiger charge is 2.32. The Morgan fingerprint density at radius 3 is 1.60 bits per heavy atom. The fourth-order valence-corrected chi connectivity index (χ4v) is 1.31. The molecule has 0 spiro atoms. The van der Waals surface area contributed by atoms with Gasteiger partial charge in [0, 0.05) is 0 Å². The van der Waals surface area contributed by atoms with Gasteiger partial charge in [-0.15, -0.1) is 0 Å². The molecule has 3 unspecified atom stereocenters. The SMILES string of the molecule is CC(C)(C)CC(O)C(O)C(O)[C@H](O)CO. The van der Waals surface area contributed by atoms with Crippen molar-refractivity contribution in [2.24, 2.45) is 5.41 Å². The van der Waals surface area contributed by atoms with Crippen molar-refractivity contribution in [3.8, 4) is 0 Å². The average Bonchev–Trinajstić information content (AvgIpc) is 2.11. The monoisotopic (exact) mass is 222 g/mol. The Bertz CT molecular complexity index is 177. The van der Waals surface area contributed by atoms with Gasteiger partial charge in [-0.3, -0.25) is 0 Å². The maximum absolute atomic E-state index is 9.57. The highest BCUT2D eigenvalue weighted by Crippen LogP contribution is 2.23. The van der Waals surface area contributed by atoms with E-state index in [0.717, 1.165) is 0 Å². The molecule has 5 N–H and O–H groups in total. The van der Waals surface area contributed by atoms with Crippen LogP contribution >= 0.6 is 0 Å². The molecule has 0 saturated heterocycles. The van der Waals surface area contributed by atoms with Crippen molar-refractivity contribution in [3.05, 3.63) is 0 Å². The third-order valence-electron chi connectivity index (χ3n) is 2.15. The molecule has 0 aliphatic heterocycles. The van der Waals surface area contributed by atoms with Crippen molar-refractivity contribution in [1.29, 1.82) is 0 Å². The fraction of sp³-hybridized carbons (Fsp3) is 1.00. The lowest BCUT2D eigenvalue weighted by atomic mass is 9.86. The van der Waals surface area contributed by atoms with Crippen molar-refractivity contribution < 1.29 is 25.5 Å². The lowest BCUT2D eigenvalue weighted by molar-refractivity contribution is -0.121. The summed E-state index contributed by atoms with van der Waals surface area (Å²) in [6, 6.07) is 0. The second-order valence-corrected chi connectivity index (χ2v) is 5.06. The largest absolute Gasteiger partial charge is 0.394 e. The first-order valence-corrected chi connectivity index (χ1v) is 5.02. The quantitative estimate of drug-likeness (QED) is 0.405. The van der Waals surface area contributed by atoms with E-state index in [4.69, 9.17) is 10.2 Å².